The number of hydrogen-bond acceptors (Lipinski definition) is 5. The standard InChI is InChI=1S/C40H53N3O4/c1-31-38(46-29-34-16-8-3-9-17-34)39(47-30-35-18-10-4-11-19-35)37(45-28-33-14-6-2-7-15-33)27-43(31)26-32-22-24-42(25-23-32)40(44)41-36-20-12-5-13-21-36/h2-4,6-11,14-19,31-32,36-39H,5,12-13,20-30H2,1H3,(H,41,44)/t31-,37+,38-,39-/m1/s1. The molecule has 47 heavy (non-hydrogen) atoms. The van der Waals surface area contributed by atoms with Crippen molar-refractivity contribution in [1.29, 1.82) is 0 Å². The third-order valence-electron chi connectivity index (χ3n) is 10.4. The second-order valence-corrected chi connectivity index (χ2v) is 13.8. The van der Waals surface area contributed by atoms with Crippen molar-refractivity contribution in [3.8, 4) is 0 Å². The van der Waals surface area contributed by atoms with Crippen molar-refractivity contribution in [3.63, 3.8) is 0 Å². The Hall–Kier alpha value is -3.23. The topological polar surface area (TPSA) is 63.3 Å². The SMILES string of the molecule is C[C@@H]1[C@@H](OCc2ccccc2)[C@H](OCc2ccccc2)[C@@H](OCc2ccccc2)CN1CC1CCN(C(=O)NC2CCCCC2)CC1. The number of piperidine rings is 2. The Balaban J connectivity index is 1.14. The van der Waals surface area contributed by atoms with Gasteiger partial charge < -0.3 is 24.4 Å². The Bertz CT molecular complexity index is 1330. The molecule has 3 aromatic carbocycles. The van der Waals surface area contributed by atoms with Gasteiger partial charge in [0.05, 0.1) is 25.9 Å². The summed E-state index contributed by atoms with van der Waals surface area (Å²) in [5.41, 5.74) is 3.45. The number of nitrogens with zero attached hydrogens (tertiary/aromatic N) is 2. The molecule has 1 aliphatic carbocycles. The van der Waals surface area contributed by atoms with Crippen molar-refractivity contribution >= 4 is 6.03 Å². The van der Waals surface area contributed by atoms with E-state index in [-0.39, 0.29) is 30.4 Å². The fraction of sp³-hybridized carbons (Fsp3) is 0.525. The molecule has 1 saturated carbocycles. The van der Waals surface area contributed by atoms with Crippen LogP contribution in [0.5, 0.6) is 0 Å². The Kier molecular flexibility index (Phi) is 12.4. The molecule has 2 saturated heterocycles. The van der Waals surface area contributed by atoms with Crippen molar-refractivity contribution in [2.75, 3.05) is 26.2 Å². The number of rotatable bonds is 12. The molecule has 3 aromatic rings. The molecule has 1 N–H and O–H groups in total. The number of amides is 2. The summed E-state index contributed by atoms with van der Waals surface area (Å²) in [4.78, 5) is 17.6. The summed E-state index contributed by atoms with van der Waals surface area (Å²) in [5, 5.41) is 3.32. The van der Waals surface area contributed by atoms with E-state index in [0.29, 0.717) is 31.8 Å². The lowest BCUT2D eigenvalue weighted by Crippen LogP contribution is -2.63. The van der Waals surface area contributed by atoms with Crippen LogP contribution in [0.3, 0.4) is 0 Å². The fourth-order valence-electron chi connectivity index (χ4n) is 7.49. The lowest BCUT2D eigenvalue weighted by Gasteiger charge is -2.48. The van der Waals surface area contributed by atoms with Gasteiger partial charge in [0, 0.05) is 38.3 Å². The number of benzene rings is 3. The first-order chi connectivity index (χ1) is 23.1. The minimum atomic E-state index is -0.223. The number of carbonyl (C=O) groups excluding carboxylic acids is 1. The van der Waals surface area contributed by atoms with E-state index in [1.807, 2.05) is 23.1 Å². The summed E-state index contributed by atoms with van der Waals surface area (Å²) in [5.74, 6) is 0.516. The first kappa shape index (κ1) is 33.7. The largest absolute Gasteiger partial charge is 0.369 e. The zero-order chi connectivity index (χ0) is 32.3. The van der Waals surface area contributed by atoms with E-state index in [1.165, 1.54) is 19.3 Å². The van der Waals surface area contributed by atoms with Gasteiger partial charge in [-0.25, -0.2) is 4.79 Å². The molecule has 4 atom stereocenters. The van der Waals surface area contributed by atoms with Crippen molar-refractivity contribution in [2.24, 2.45) is 5.92 Å². The molecular formula is C40H53N3O4. The maximum Gasteiger partial charge on any atom is 0.317 e. The highest BCUT2D eigenvalue weighted by Gasteiger charge is 2.44. The van der Waals surface area contributed by atoms with Crippen LogP contribution in [0.1, 0.15) is 68.6 Å². The summed E-state index contributed by atoms with van der Waals surface area (Å²) < 4.78 is 20.3. The summed E-state index contributed by atoms with van der Waals surface area (Å²) in [6.07, 6.45) is 7.46. The fourth-order valence-corrected chi connectivity index (χ4v) is 7.49. The quantitative estimate of drug-likeness (QED) is 0.227. The molecule has 2 heterocycles. The summed E-state index contributed by atoms with van der Waals surface area (Å²) in [6.45, 7) is 7.21. The number of urea groups is 1. The Morgan fingerprint density at radius 1 is 0.681 bits per heavy atom. The van der Waals surface area contributed by atoms with E-state index >= 15 is 0 Å². The molecule has 0 bridgehead atoms. The molecule has 0 aromatic heterocycles. The van der Waals surface area contributed by atoms with Crippen LogP contribution in [0.4, 0.5) is 4.79 Å². The maximum absolute atomic E-state index is 13.0. The van der Waals surface area contributed by atoms with Crippen molar-refractivity contribution < 1.29 is 19.0 Å². The van der Waals surface area contributed by atoms with Crippen LogP contribution in [0, 0.1) is 5.92 Å². The molecule has 252 valence electrons. The lowest BCUT2D eigenvalue weighted by atomic mass is 9.90. The van der Waals surface area contributed by atoms with Gasteiger partial charge in [-0.3, -0.25) is 4.90 Å². The molecule has 3 aliphatic rings. The minimum absolute atomic E-state index is 0.129. The molecule has 6 rings (SSSR count). The summed E-state index contributed by atoms with van der Waals surface area (Å²) in [6, 6.07) is 31.8. The zero-order valence-corrected chi connectivity index (χ0v) is 28.1. The predicted octanol–water partition coefficient (Wildman–Crippen LogP) is 7.20. The Labute approximate surface area is 281 Å². The minimum Gasteiger partial charge on any atom is -0.369 e. The zero-order valence-electron chi connectivity index (χ0n) is 28.1. The summed E-state index contributed by atoms with van der Waals surface area (Å²) >= 11 is 0. The van der Waals surface area contributed by atoms with Gasteiger partial charge in [0.2, 0.25) is 0 Å². The molecular weight excluding hydrogens is 586 g/mol. The number of likely N-dealkylation sites (tertiary alicyclic amines) is 2. The van der Waals surface area contributed by atoms with Crippen LogP contribution in [-0.2, 0) is 34.0 Å². The normalized spacial score (nSPS) is 24.7. The molecule has 2 amide bonds. The smallest absolute Gasteiger partial charge is 0.317 e. The highest BCUT2D eigenvalue weighted by Crippen LogP contribution is 2.31. The van der Waals surface area contributed by atoms with Crippen LogP contribution in [0.2, 0.25) is 0 Å². The van der Waals surface area contributed by atoms with E-state index in [2.05, 4.69) is 89.9 Å². The van der Waals surface area contributed by atoms with Crippen molar-refractivity contribution in [3.05, 3.63) is 108 Å². The monoisotopic (exact) mass is 639 g/mol. The van der Waals surface area contributed by atoms with E-state index in [4.69, 9.17) is 14.2 Å². The van der Waals surface area contributed by atoms with E-state index < -0.39 is 0 Å². The summed E-state index contributed by atoms with van der Waals surface area (Å²) in [7, 11) is 0. The third-order valence-corrected chi connectivity index (χ3v) is 10.4. The molecule has 0 radical (unpaired) electrons. The van der Waals surface area contributed by atoms with Gasteiger partial charge in [0.15, 0.2) is 0 Å². The molecule has 7 nitrogen and oxygen atoms in total. The van der Waals surface area contributed by atoms with Gasteiger partial charge >= 0.3 is 6.03 Å². The molecule has 0 unspecified atom stereocenters. The van der Waals surface area contributed by atoms with Gasteiger partial charge in [0.1, 0.15) is 12.2 Å². The van der Waals surface area contributed by atoms with Crippen LogP contribution >= 0.6 is 0 Å². The van der Waals surface area contributed by atoms with Gasteiger partial charge in [-0.2, -0.15) is 0 Å². The van der Waals surface area contributed by atoms with E-state index in [9.17, 15) is 4.79 Å². The van der Waals surface area contributed by atoms with Crippen LogP contribution in [0.25, 0.3) is 0 Å². The highest BCUT2D eigenvalue weighted by atomic mass is 16.6. The van der Waals surface area contributed by atoms with E-state index in [0.717, 1.165) is 68.6 Å². The average molecular weight is 640 g/mol. The lowest BCUT2D eigenvalue weighted by molar-refractivity contribution is -0.202. The highest BCUT2D eigenvalue weighted by molar-refractivity contribution is 5.74. The van der Waals surface area contributed by atoms with Gasteiger partial charge in [-0.15, -0.1) is 0 Å². The predicted molar refractivity (Wildman–Crippen MR) is 186 cm³/mol. The first-order valence-corrected chi connectivity index (χ1v) is 17.9. The van der Waals surface area contributed by atoms with Gasteiger partial charge in [-0.1, -0.05) is 110 Å². The van der Waals surface area contributed by atoms with Crippen molar-refractivity contribution in [2.45, 2.75) is 102 Å². The average Bonchev–Trinajstić information content (AvgIpc) is 3.12. The second-order valence-electron chi connectivity index (χ2n) is 13.8. The van der Waals surface area contributed by atoms with E-state index in [1.54, 1.807) is 0 Å². The Morgan fingerprint density at radius 2 is 1.19 bits per heavy atom. The Morgan fingerprint density at radius 3 is 1.74 bits per heavy atom. The second kappa shape index (κ2) is 17.3. The van der Waals surface area contributed by atoms with Gasteiger partial charge in [0.25, 0.3) is 0 Å². The number of nitrogens with one attached hydrogen (secondary N) is 1. The van der Waals surface area contributed by atoms with Crippen LogP contribution < -0.4 is 5.32 Å². The maximum atomic E-state index is 13.0. The van der Waals surface area contributed by atoms with Crippen LogP contribution in [0.15, 0.2) is 91.0 Å². The van der Waals surface area contributed by atoms with Crippen LogP contribution in [-0.4, -0.2) is 72.4 Å². The number of hydrogen-bond donors (Lipinski definition) is 1. The molecule has 3 fully saturated rings. The first-order valence-electron chi connectivity index (χ1n) is 17.9. The van der Waals surface area contributed by atoms with Gasteiger partial charge in [-0.05, 0) is 55.2 Å². The number of carbonyl (C=O) groups is 1. The molecule has 2 aliphatic heterocycles. The van der Waals surface area contributed by atoms with Crippen molar-refractivity contribution in [1.82, 2.24) is 15.1 Å². The number of ether oxygens (including phenoxy) is 3. The molecule has 0 spiro atoms. The third kappa shape index (κ3) is 9.66. The molecule has 7 heteroatoms.